The molecule has 0 radical (unpaired) electrons. The van der Waals surface area contributed by atoms with Crippen molar-refractivity contribution < 1.29 is 38.4 Å². The van der Waals surface area contributed by atoms with Crippen LogP contribution in [-0.4, -0.2) is 61.8 Å². The Morgan fingerprint density at radius 3 is 2.49 bits per heavy atom. The largest absolute Gasteiger partial charge is 0.507 e. The number of carbonyl (C=O) groups excluding carboxylic acids is 2. The summed E-state index contributed by atoms with van der Waals surface area (Å²) in [6.45, 7) is 4.08. The molecule has 1 N–H and O–H groups in total. The third-order valence-electron chi connectivity index (χ3n) is 6.92. The highest BCUT2D eigenvalue weighted by molar-refractivity contribution is 6.46. The van der Waals surface area contributed by atoms with Gasteiger partial charge in [0.25, 0.3) is 11.7 Å². The average Bonchev–Trinajstić information content (AvgIpc) is 3.25. The molecule has 0 aliphatic carbocycles. The Labute approximate surface area is 238 Å². The van der Waals surface area contributed by atoms with Gasteiger partial charge in [-0.2, -0.15) is 0 Å². The first-order valence-corrected chi connectivity index (χ1v) is 13.6. The lowest BCUT2D eigenvalue weighted by Crippen LogP contribution is -2.31. The molecule has 0 bridgehead atoms. The van der Waals surface area contributed by atoms with Crippen molar-refractivity contribution in [3.63, 3.8) is 0 Å². The summed E-state index contributed by atoms with van der Waals surface area (Å²) < 4.78 is 28.4. The van der Waals surface area contributed by atoms with Crippen LogP contribution in [0.4, 0.5) is 0 Å². The summed E-state index contributed by atoms with van der Waals surface area (Å²) in [5.41, 5.74) is 1.95. The van der Waals surface area contributed by atoms with Crippen LogP contribution in [-0.2, 0) is 20.9 Å². The van der Waals surface area contributed by atoms with Crippen molar-refractivity contribution in [2.24, 2.45) is 0 Å². The SMILES string of the molecule is CCOc1cc([C@@H]2C(=C(O)c3ccc4c(c3)OCCO4)C(=O)C(=O)N2CCCOC)ccc1OCc1ccccc1. The lowest BCUT2D eigenvalue weighted by molar-refractivity contribution is -0.140. The molecule has 1 atom stereocenters. The first-order valence-electron chi connectivity index (χ1n) is 13.6. The van der Waals surface area contributed by atoms with Gasteiger partial charge in [-0.1, -0.05) is 36.4 Å². The van der Waals surface area contributed by atoms with E-state index in [2.05, 4.69) is 0 Å². The summed E-state index contributed by atoms with van der Waals surface area (Å²) in [6.07, 6.45) is 0.515. The number of ether oxygens (including phenoxy) is 5. The smallest absolute Gasteiger partial charge is 0.295 e. The molecular formula is C32H33NO8. The van der Waals surface area contributed by atoms with E-state index in [0.717, 1.165) is 5.56 Å². The van der Waals surface area contributed by atoms with E-state index in [9.17, 15) is 14.7 Å². The minimum atomic E-state index is -0.845. The normalized spacial score (nSPS) is 17.5. The number of fused-ring (bicyclic) bond motifs is 1. The summed E-state index contributed by atoms with van der Waals surface area (Å²) in [5.74, 6) is 0.281. The van der Waals surface area contributed by atoms with Crippen LogP contribution >= 0.6 is 0 Å². The van der Waals surface area contributed by atoms with Crippen LogP contribution in [0, 0.1) is 0 Å². The zero-order valence-electron chi connectivity index (χ0n) is 23.1. The van der Waals surface area contributed by atoms with Gasteiger partial charge in [-0.15, -0.1) is 0 Å². The van der Waals surface area contributed by atoms with Crippen LogP contribution in [0.5, 0.6) is 23.0 Å². The van der Waals surface area contributed by atoms with Crippen LogP contribution in [0.1, 0.15) is 36.1 Å². The molecule has 2 aliphatic rings. The molecule has 3 aromatic carbocycles. The van der Waals surface area contributed by atoms with Crippen LogP contribution in [0.25, 0.3) is 5.76 Å². The predicted molar refractivity (Wildman–Crippen MR) is 151 cm³/mol. The molecule has 0 spiro atoms. The first kappa shape index (κ1) is 28.0. The maximum atomic E-state index is 13.4. The Balaban J connectivity index is 1.55. The second-order valence-corrected chi connectivity index (χ2v) is 9.61. The number of aliphatic hydroxyl groups excluding tert-OH is 1. The number of methoxy groups -OCH3 is 1. The number of rotatable bonds is 11. The fraction of sp³-hybridized carbons (Fsp3) is 0.312. The van der Waals surface area contributed by atoms with Gasteiger partial charge >= 0.3 is 0 Å². The van der Waals surface area contributed by atoms with Crippen LogP contribution in [0.3, 0.4) is 0 Å². The molecule has 0 saturated carbocycles. The van der Waals surface area contributed by atoms with E-state index in [1.54, 1.807) is 43.5 Å². The maximum Gasteiger partial charge on any atom is 0.295 e. The van der Waals surface area contributed by atoms with Gasteiger partial charge in [0.2, 0.25) is 0 Å². The van der Waals surface area contributed by atoms with Gasteiger partial charge in [0, 0.05) is 25.8 Å². The highest BCUT2D eigenvalue weighted by Gasteiger charge is 2.46. The molecule has 0 unspecified atom stereocenters. The van der Waals surface area contributed by atoms with E-state index in [0.29, 0.717) is 73.6 Å². The topological polar surface area (TPSA) is 104 Å². The van der Waals surface area contributed by atoms with E-state index >= 15 is 0 Å². The quantitative estimate of drug-likeness (QED) is 0.153. The van der Waals surface area contributed by atoms with Crippen molar-refractivity contribution in [1.29, 1.82) is 0 Å². The molecule has 9 heteroatoms. The number of ketones is 1. The van der Waals surface area contributed by atoms with E-state index in [4.69, 9.17) is 23.7 Å². The standard InChI is InChI=1S/C32H33NO8/c1-3-38-26-18-22(10-12-25(26)41-20-21-8-5-4-6-9-21)29-28(31(35)32(36)33(29)14-7-15-37-2)30(34)23-11-13-24-27(19-23)40-17-16-39-24/h4-6,8-13,18-19,29,34H,3,7,14-17,20H2,1-2H3/t29-/m1/s1. The summed E-state index contributed by atoms with van der Waals surface area (Å²) in [6, 6.07) is 19.2. The van der Waals surface area contributed by atoms with E-state index in [1.165, 1.54) is 4.90 Å². The molecule has 2 heterocycles. The zero-order chi connectivity index (χ0) is 28.8. The number of amides is 1. The number of hydrogen-bond donors (Lipinski definition) is 1. The Hall–Kier alpha value is -4.50. The highest BCUT2D eigenvalue weighted by atomic mass is 16.6. The van der Waals surface area contributed by atoms with Crippen molar-refractivity contribution in [3.05, 3.63) is 89.0 Å². The van der Waals surface area contributed by atoms with Crippen LogP contribution < -0.4 is 18.9 Å². The lowest BCUT2D eigenvalue weighted by atomic mass is 9.94. The Bertz CT molecular complexity index is 1430. The number of Topliss-reactive ketones (excluding diaryl/α,β-unsaturated/α-hetero) is 1. The molecule has 0 aromatic heterocycles. The summed E-state index contributed by atoms with van der Waals surface area (Å²) in [5, 5.41) is 11.5. The Kier molecular flexibility index (Phi) is 8.74. The fourth-order valence-electron chi connectivity index (χ4n) is 5.00. The lowest BCUT2D eigenvalue weighted by Gasteiger charge is -2.26. The molecule has 1 amide bonds. The van der Waals surface area contributed by atoms with Gasteiger partial charge in [-0.3, -0.25) is 9.59 Å². The molecule has 2 aliphatic heterocycles. The monoisotopic (exact) mass is 559 g/mol. The number of nitrogens with zero attached hydrogens (tertiary/aromatic N) is 1. The third kappa shape index (κ3) is 6.00. The van der Waals surface area contributed by atoms with Crippen molar-refractivity contribution in [2.75, 3.05) is 40.1 Å². The van der Waals surface area contributed by atoms with Crippen molar-refractivity contribution >= 4 is 17.4 Å². The number of aliphatic hydroxyl groups is 1. The summed E-state index contributed by atoms with van der Waals surface area (Å²) >= 11 is 0. The number of hydrogen-bond acceptors (Lipinski definition) is 8. The van der Waals surface area contributed by atoms with Crippen molar-refractivity contribution in [3.8, 4) is 23.0 Å². The minimum Gasteiger partial charge on any atom is -0.507 e. The fourth-order valence-corrected chi connectivity index (χ4v) is 5.00. The Morgan fingerprint density at radius 1 is 0.951 bits per heavy atom. The molecular weight excluding hydrogens is 526 g/mol. The van der Waals surface area contributed by atoms with Gasteiger partial charge < -0.3 is 33.7 Å². The summed E-state index contributed by atoms with van der Waals surface area (Å²) in [7, 11) is 1.58. The number of benzene rings is 3. The number of carbonyl (C=O) groups is 2. The van der Waals surface area contributed by atoms with Gasteiger partial charge in [0.05, 0.1) is 18.2 Å². The predicted octanol–water partition coefficient (Wildman–Crippen LogP) is 4.89. The van der Waals surface area contributed by atoms with Crippen molar-refractivity contribution in [2.45, 2.75) is 26.0 Å². The number of likely N-dealkylation sites (tertiary alicyclic amines) is 1. The molecule has 41 heavy (non-hydrogen) atoms. The van der Waals surface area contributed by atoms with Crippen LogP contribution in [0.15, 0.2) is 72.3 Å². The second-order valence-electron chi connectivity index (χ2n) is 9.61. The zero-order valence-corrected chi connectivity index (χ0v) is 23.1. The van der Waals surface area contributed by atoms with Gasteiger partial charge in [-0.05, 0) is 54.8 Å². The van der Waals surface area contributed by atoms with E-state index in [1.807, 2.05) is 37.3 Å². The molecule has 5 rings (SSSR count). The van der Waals surface area contributed by atoms with Gasteiger partial charge in [0.1, 0.15) is 25.6 Å². The van der Waals surface area contributed by atoms with Gasteiger partial charge in [0.15, 0.2) is 23.0 Å². The molecule has 3 aromatic rings. The molecule has 1 fully saturated rings. The third-order valence-corrected chi connectivity index (χ3v) is 6.92. The highest BCUT2D eigenvalue weighted by Crippen LogP contribution is 2.43. The minimum absolute atomic E-state index is 0.00972. The second kappa shape index (κ2) is 12.8. The van der Waals surface area contributed by atoms with E-state index in [-0.39, 0.29) is 17.9 Å². The summed E-state index contributed by atoms with van der Waals surface area (Å²) in [4.78, 5) is 28.2. The molecule has 1 saturated heterocycles. The Morgan fingerprint density at radius 2 is 1.73 bits per heavy atom. The van der Waals surface area contributed by atoms with Crippen LogP contribution in [0.2, 0.25) is 0 Å². The average molecular weight is 560 g/mol. The van der Waals surface area contributed by atoms with E-state index < -0.39 is 17.7 Å². The molecule has 9 nitrogen and oxygen atoms in total. The maximum absolute atomic E-state index is 13.4. The van der Waals surface area contributed by atoms with Gasteiger partial charge in [-0.25, -0.2) is 0 Å². The van der Waals surface area contributed by atoms with Crippen molar-refractivity contribution in [1.82, 2.24) is 4.90 Å². The molecule has 214 valence electrons. The first-order chi connectivity index (χ1) is 20.0.